The second-order valence-corrected chi connectivity index (χ2v) is 14.2. The van der Waals surface area contributed by atoms with Crippen LogP contribution < -0.4 is 41.5 Å². The number of fused-ring (bicyclic) bond motifs is 1. The molecular formula is C50H53ClN6O9. The molecule has 0 amide bonds. The van der Waals surface area contributed by atoms with Gasteiger partial charge in [0.1, 0.15) is 29.5 Å². The summed E-state index contributed by atoms with van der Waals surface area (Å²) in [6.45, 7) is 6.23. The number of phenols is 2. The number of anilines is 2. The topological polar surface area (TPSA) is 266 Å². The van der Waals surface area contributed by atoms with E-state index in [1.54, 1.807) is 66.7 Å². The molecule has 0 saturated carbocycles. The van der Waals surface area contributed by atoms with Gasteiger partial charge in [0.25, 0.3) is 0 Å². The van der Waals surface area contributed by atoms with Gasteiger partial charge in [0.05, 0.1) is 20.3 Å². The van der Waals surface area contributed by atoms with E-state index in [1.807, 2.05) is 54.6 Å². The number of ether oxygens (including phenoxy) is 4. The minimum absolute atomic E-state index is 0. The first kappa shape index (κ1) is 52.0. The molecule has 66 heavy (non-hydrogen) atoms. The van der Waals surface area contributed by atoms with Crippen molar-refractivity contribution in [1.29, 1.82) is 10.8 Å². The highest BCUT2D eigenvalue weighted by Crippen LogP contribution is 2.45. The van der Waals surface area contributed by atoms with E-state index < -0.39 is 11.9 Å². The number of esters is 2. The zero-order chi connectivity index (χ0) is 47.6. The van der Waals surface area contributed by atoms with Crippen LogP contribution in [0.4, 0.5) is 11.4 Å². The molecule has 1 aliphatic heterocycles. The van der Waals surface area contributed by atoms with Crippen molar-refractivity contribution in [2.45, 2.75) is 32.2 Å². The van der Waals surface area contributed by atoms with Crippen LogP contribution in [0.1, 0.15) is 76.0 Å². The standard InChI is InChI=1S/C25H25N3O4.C10H10O4.C8H8O.C7H9N3.ClH/c1-14(29)32-23-10-6-16(12-24(23)31-2)22-13-19(15-3-7-18(30)8-4-15)20-11-17(25(26)27)5-9-21(20)28-22;1-7(12)14-9-4-3-8(6-11)5-10(9)13-2;1-2-7-3-5-8(9)6-4-7;8-6-3-1-5(2-4-6)7(9)10;/h3-12,19,22,28,30H,13H2,1-2H3,(H3,26,27);3-6H,1-2H3;2-6,9H,1H2;1-4H,8H2,(H3,9,10);1H. The number of nitrogens with two attached hydrogens (primary N) is 3. The second kappa shape index (κ2) is 25.1. The van der Waals surface area contributed by atoms with Gasteiger partial charge >= 0.3 is 11.9 Å². The van der Waals surface area contributed by atoms with Crippen LogP contribution in [0.5, 0.6) is 34.5 Å². The molecule has 344 valence electrons. The quantitative estimate of drug-likeness (QED) is 0.0160. The van der Waals surface area contributed by atoms with Gasteiger partial charge in [-0.25, -0.2) is 0 Å². The Kier molecular flexibility index (Phi) is 19.8. The molecule has 7 rings (SSSR count). The normalized spacial score (nSPS) is 12.8. The number of rotatable bonds is 10. The Bertz CT molecular complexity index is 2620. The third-order valence-electron chi connectivity index (χ3n) is 9.61. The number of halogens is 1. The zero-order valence-electron chi connectivity index (χ0n) is 36.7. The molecule has 2 unspecified atom stereocenters. The van der Waals surface area contributed by atoms with E-state index in [4.69, 9.17) is 52.1 Å². The Morgan fingerprint density at radius 3 is 1.65 bits per heavy atom. The fourth-order valence-corrected chi connectivity index (χ4v) is 6.41. The lowest BCUT2D eigenvalue weighted by atomic mass is 9.79. The summed E-state index contributed by atoms with van der Waals surface area (Å²) in [5.41, 5.74) is 23.9. The molecule has 0 aliphatic carbocycles. The lowest BCUT2D eigenvalue weighted by Crippen LogP contribution is -2.23. The van der Waals surface area contributed by atoms with Crippen molar-refractivity contribution in [1.82, 2.24) is 0 Å². The van der Waals surface area contributed by atoms with Crippen molar-refractivity contribution < 1.29 is 43.5 Å². The number of carbonyl (C=O) groups excluding carboxylic acids is 3. The third-order valence-corrected chi connectivity index (χ3v) is 9.61. The smallest absolute Gasteiger partial charge is 0.308 e. The molecule has 16 heteroatoms. The lowest BCUT2D eigenvalue weighted by Gasteiger charge is -2.34. The molecule has 15 nitrogen and oxygen atoms in total. The van der Waals surface area contributed by atoms with E-state index in [0.29, 0.717) is 57.4 Å². The zero-order valence-corrected chi connectivity index (χ0v) is 37.6. The molecule has 11 N–H and O–H groups in total. The minimum Gasteiger partial charge on any atom is -0.508 e. The molecule has 0 fully saturated rings. The maximum absolute atomic E-state index is 11.4. The van der Waals surface area contributed by atoms with Crippen LogP contribution >= 0.6 is 12.4 Å². The summed E-state index contributed by atoms with van der Waals surface area (Å²) >= 11 is 0. The lowest BCUT2D eigenvalue weighted by molar-refractivity contribution is -0.132. The molecule has 0 aromatic heterocycles. The Morgan fingerprint density at radius 1 is 0.667 bits per heavy atom. The van der Waals surface area contributed by atoms with Gasteiger partial charge < -0.3 is 51.7 Å². The third kappa shape index (κ3) is 15.2. The SMILES string of the molecule is C=Cc1ccc(O)cc1.COc1cc(C2CC(c3ccc(O)cc3)c3cc(C(=N)N)ccc3N2)ccc1OC(C)=O.COc1cc(C=O)ccc1OC(C)=O.Cl.N=C(N)c1ccc(N)cc1. The molecule has 6 aromatic carbocycles. The molecule has 0 saturated heterocycles. The van der Waals surface area contributed by atoms with Crippen LogP contribution in [0, 0.1) is 10.8 Å². The van der Waals surface area contributed by atoms with Crippen LogP contribution in [-0.2, 0) is 9.59 Å². The number of methoxy groups -OCH3 is 2. The predicted octanol–water partition coefficient (Wildman–Crippen LogP) is 8.74. The van der Waals surface area contributed by atoms with Crippen molar-refractivity contribution in [3.8, 4) is 34.5 Å². The van der Waals surface area contributed by atoms with Gasteiger partial charge in [-0.05, 0) is 126 Å². The summed E-state index contributed by atoms with van der Waals surface area (Å²) in [5.74, 6) is 1.32. The first-order valence-electron chi connectivity index (χ1n) is 19.9. The highest BCUT2D eigenvalue weighted by atomic mass is 35.5. The number of phenolic OH excluding ortho intramolecular Hbond substituents is 2. The van der Waals surface area contributed by atoms with Crippen molar-refractivity contribution in [2.75, 3.05) is 25.3 Å². The van der Waals surface area contributed by atoms with Gasteiger partial charge in [-0.15, -0.1) is 12.4 Å². The van der Waals surface area contributed by atoms with Crippen molar-refractivity contribution >= 4 is 59.8 Å². The monoisotopic (exact) mass is 916 g/mol. The maximum atomic E-state index is 11.4. The van der Waals surface area contributed by atoms with Gasteiger partial charge in [-0.3, -0.25) is 25.2 Å². The number of nitrogens with one attached hydrogen (secondary N) is 3. The summed E-state index contributed by atoms with van der Waals surface area (Å²) in [4.78, 5) is 32.5. The molecule has 0 bridgehead atoms. The fraction of sp³-hybridized carbons (Fsp3) is 0.140. The number of aldehydes is 1. The van der Waals surface area contributed by atoms with Gasteiger partial charge in [0.15, 0.2) is 23.0 Å². The van der Waals surface area contributed by atoms with Gasteiger partial charge in [0, 0.05) is 47.8 Å². The Labute approximate surface area is 389 Å². The van der Waals surface area contributed by atoms with E-state index in [-0.39, 0.29) is 41.8 Å². The number of hydrogen-bond acceptors (Lipinski definition) is 13. The van der Waals surface area contributed by atoms with Gasteiger partial charge in [-0.2, -0.15) is 0 Å². The van der Waals surface area contributed by atoms with E-state index in [9.17, 15) is 19.5 Å². The van der Waals surface area contributed by atoms with E-state index in [2.05, 4.69) is 11.9 Å². The summed E-state index contributed by atoms with van der Waals surface area (Å²) < 4.78 is 20.5. The second-order valence-electron chi connectivity index (χ2n) is 14.2. The first-order valence-corrected chi connectivity index (χ1v) is 19.9. The minimum atomic E-state index is -0.429. The number of carbonyl (C=O) groups is 3. The molecule has 1 aliphatic rings. The molecule has 1 heterocycles. The molecular weight excluding hydrogens is 864 g/mol. The Morgan fingerprint density at radius 2 is 1.15 bits per heavy atom. The van der Waals surface area contributed by atoms with Crippen LogP contribution in [0.2, 0.25) is 0 Å². The molecule has 2 atom stereocenters. The summed E-state index contributed by atoms with van der Waals surface area (Å²) in [7, 11) is 2.98. The summed E-state index contributed by atoms with van der Waals surface area (Å²) in [5, 5.41) is 37.0. The van der Waals surface area contributed by atoms with Crippen molar-refractivity contribution in [3.05, 3.63) is 173 Å². The first-order chi connectivity index (χ1) is 31.0. The summed E-state index contributed by atoms with van der Waals surface area (Å²) in [6.07, 6.45) is 3.16. The maximum Gasteiger partial charge on any atom is 0.308 e. The number of nitrogen functional groups attached to an aromatic ring is 3. The number of benzene rings is 6. The van der Waals surface area contributed by atoms with Gasteiger partial charge in [0.2, 0.25) is 0 Å². The Balaban J connectivity index is 0.000000278. The average molecular weight is 917 g/mol. The van der Waals surface area contributed by atoms with Gasteiger partial charge in [-0.1, -0.05) is 43.0 Å². The van der Waals surface area contributed by atoms with E-state index in [0.717, 1.165) is 34.4 Å². The van der Waals surface area contributed by atoms with Crippen LogP contribution in [-0.4, -0.2) is 54.3 Å². The molecule has 6 aromatic rings. The number of aromatic hydroxyl groups is 2. The summed E-state index contributed by atoms with van der Waals surface area (Å²) in [6, 6.07) is 36.7. The van der Waals surface area contributed by atoms with Crippen molar-refractivity contribution in [2.24, 2.45) is 11.5 Å². The van der Waals surface area contributed by atoms with E-state index in [1.165, 1.54) is 40.2 Å². The molecule has 0 spiro atoms. The fourth-order valence-electron chi connectivity index (χ4n) is 6.41. The predicted molar refractivity (Wildman–Crippen MR) is 260 cm³/mol. The largest absolute Gasteiger partial charge is 0.508 e. The van der Waals surface area contributed by atoms with Crippen LogP contribution in [0.25, 0.3) is 6.08 Å². The highest BCUT2D eigenvalue weighted by molar-refractivity contribution is 5.96. The highest BCUT2D eigenvalue weighted by Gasteiger charge is 2.30. The van der Waals surface area contributed by atoms with Crippen LogP contribution in [0.3, 0.4) is 0 Å². The van der Waals surface area contributed by atoms with Crippen LogP contribution in [0.15, 0.2) is 134 Å². The van der Waals surface area contributed by atoms with E-state index >= 15 is 0 Å². The average Bonchev–Trinajstić information content (AvgIpc) is 3.29. The molecule has 0 radical (unpaired) electrons. The number of hydrogen-bond donors (Lipinski definition) is 8. The van der Waals surface area contributed by atoms with Crippen molar-refractivity contribution in [3.63, 3.8) is 0 Å². The number of amidine groups is 2. The Hall–Kier alpha value is -8.30.